The Balaban J connectivity index is 1.79. The predicted octanol–water partition coefficient (Wildman–Crippen LogP) is 7.53. The number of hydrogen-bond donors (Lipinski definition) is 0. The maximum absolute atomic E-state index is 13.8. The van der Waals surface area contributed by atoms with Crippen molar-refractivity contribution in [3.8, 4) is 5.75 Å². The van der Waals surface area contributed by atoms with E-state index in [-0.39, 0.29) is 17.2 Å². The molecule has 0 amide bonds. The molecule has 0 spiro atoms. The molecule has 0 fully saturated rings. The third-order valence-electron chi connectivity index (χ3n) is 8.77. The monoisotopic (exact) mass is 620 g/mol. The van der Waals surface area contributed by atoms with Crippen LogP contribution < -0.4 is 15.1 Å². The van der Waals surface area contributed by atoms with E-state index < -0.39 is 22.7 Å². The molecule has 0 aromatic heterocycles. The zero-order valence-electron chi connectivity index (χ0n) is 27.4. The number of ketones is 1. The highest BCUT2D eigenvalue weighted by molar-refractivity contribution is 6.99. The second-order valence-electron chi connectivity index (χ2n) is 12.3. The summed E-state index contributed by atoms with van der Waals surface area (Å²) in [5.74, 6) is 0.858. The highest BCUT2D eigenvalue weighted by atomic mass is 28.4. The number of benzene rings is 3. The van der Waals surface area contributed by atoms with Gasteiger partial charge in [0.25, 0.3) is 8.32 Å². The van der Waals surface area contributed by atoms with Gasteiger partial charge in [-0.1, -0.05) is 114 Å². The number of methoxy groups -OCH3 is 1. The second kappa shape index (κ2) is 16.5. The van der Waals surface area contributed by atoms with E-state index in [9.17, 15) is 4.79 Å². The average Bonchev–Trinajstić information content (AvgIpc) is 3.03. The van der Waals surface area contributed by atoms with Crippen molar-refractivity contribution in [3.05, 3.63) is 90.5 Å². The van der Waals surface area contributed by atoms with Gasteiger partial charge in [0.15, 0.2) is 14.1 Å². The summed E-state index contributed by atoms with van der Waals surface area (Å²) in [5.41, 5.74) is 1.00. The minimum absolute atomic E-state index is 0.0619. The Morgan fingerprint density at radius 1 is 0.744 bits per heavy atom. The third kappa shape index (κ3) is 8.99. The molecule has 3 aromatic carbocycles. The van der Waals surface area contributed by atoms with Crippen LogP contribution in [0.25, 0.3) is 0 Å². The van der Waals surface area contributed by atoms with Crippen molar-refractivity contribution in [1.82, 2.24) is 0 Å². The van der Waals surface area contributed by atoms with Crippen molar-refractivity contribution in [3.63, 3.8) is 0 Å². The highest BCUT2D eigenvalue weighted by Crippen LogP contribution is 2.37. The molecule has 0 saturated heterocycles. The highest BCUT2D eigenvalue weighted by Gasteiger charge is 2.50. The molecule has 0 radical (unpaired) electrons. The summed E-state index contributed by atoms with van der Waals surface area (Å²) in [6.07, 6.45) is 0.278. The molecule has 3 rings (SSSR count). The number of Topliss-reactive ketones (excluding diaryl/α,β-unsaturated/α-hetero) is 1. The van der Waals surface area contributed by atoms with Crippen LogP contribution >= 0.6 is 0 Å². The summed E-state index contributed by atoms with van der Waals surface area (Å²) in [6, 6.07) is 32.1. The minimum atomic E-state index is -2.72. The van der Waals surface area contributed by atoms with E-state index in [2.05, 4.69) is 90.1 Å². The van der Waals surface area contributed by atoms with Crippen molar-refractivity contribution in [1.29, 1.82) is 0 Å². The van der Waals surface area contributed by atoms with E-state index in [0.717, 1.165) is 29.4 Å². The van der Waals surface area contributed by atoms with Crippen LogP contribution in [0.5, 0.6) is 5.75 Å². The van der Waals surface area contributed by atoms with Crippen LogP contribution in [0.15, 0.2) is 84.9 Å². The first-order valence-electron chi connectivity index (χ1n) is 15.8. The van der Waals surface area contributed by atoms with Gasteiger partial charge in [-0.15, -0.1) is 0 Å². The van der Waals surface area contributed by atoms with E-state index in [0.29, 0.717) is 26.2 Å². The van der Waals surface area contributed by atoms with Gasteiger partial charge >= 0.3 is 0 Å². The molecule has 7 heteroatoms. The molecular weight excluding hydrogens is 569 g/mol. The zero-order chi connectivity index (χ0) is 31.3. The first-order valence-corrected chi connectivity index (χ1v) is 20.2. The SMILES string of the molecule is CC[Si](CC)(CC)OCC[C@@H](OCc1ccc(OC)cc1)C(=O)CCO[Si](c1ccccc1)(c1ccccc1)C(C)(C)C. The van der Waals surface area contributed by atoms with Crippen LogP contribution in [0.1, 0.15) is 59.9 Å². The van der Waals surface area contributed by atoms with Gasteiger partial charge in [-0.05, 0) is 51.2 Å². The standard InChI is InChI=1S/C36H52O5Si2/c1-8-42(9-2,10-3)40-28-26-35(39-29-30-21-23-31(38-7)24-22-30)34(37)25-27-41-43(36(4,5)6,32-17-13-11-14-18-32)33-19-15-12-16-20-33/h11-24,35H,8-10,25-29H2,1-7H3/t35-/m1/s1. The number of ether oxygens (including phenoxy) is 2. The first-order chi connectivity index (χ1) is 20.6. The first kappa shape index (κ1) is 34.9. The molecule has 0 unspecified atom stereocenters. The Hall–Kier alpha value is -2.56. The largest absolute Gasteiger partial charge is 0.497 e. The molecule has 5 nitrogen and oxygen atoms in total. The molecule has 0 heterocycles. The molecule has 0 aliphatic rings. The van der Waals surface area contributed by atoms with Crippen molar-refractivity contribution in [2.75, 3.05) is 20.3 Å². The summed E-state index contributed by atoms with van der Waals surface area (Å²) in [6.45, 7) is 14.7. The van der Waals surface area contributed by atoms with E-state index in [4.69, 9.17) is 18.3 Å². The quantitative estimate of drug-likeness (QED) is 0.138. The van der Waals surface area contributed by atoms with Gasteiger partial charge in [-0.25, -0.2) is 0 Å². The number of carbonyl (C=O) groups excluding carboxylic acids is 1. The van der Waals surface area contributed by atoms with Gasteiger partial charge in [-0.3, -0.25) is 4.79 Å². The third-order valence-corrected chi connectivity index (χ3v) is 18.5. The second-order valence-corrected chi connectivity index (χ2v) is 21.3. The van der Waals surface area contributed by atoms with E-state index in [1.165, 1.54) is 10.4 Å². The van der Waals surface area contributed by atoms with E-state index in [1.54, 1.807) is 7.11 Å². The van der Waals surface area contributed by atoms with Gasteiger partial charge < -0.3 is 18.3 Å². The summed E-state index contributed by atoms with van der Waals surface area (Å²) in [5, 5.41) is 2.27. The van der Waals surface area contributed by atoms with Gasteiger partial charge in [0.1, 0.15) is 11.9 Å². The fraction of sp³-hybridized carbons (Fsp3) is 0.472. The molecule has 0 aliphatic carbocycles. The smallest absolute Gasteiger partial charge is 0.261 e. The van der Waals surface area contributed by atoms with Gasteiger partial charge in [0, 0.05) is 26.1 Å². The van der Waals surface area contributed by atoms with Crippen LogP contribution in [-0.4, -0.2) is 48.8 Å². The number of carbonyl (C=O) groups is 1. The Morgan fingerprint density at radius 3 is 1.74 bits per heavy atom. The normalized spacial score (nSPS) is 13.1. The maximum atomic E-state index is 13.8. The number of hydrogen-bond acceptors (Lipinski definition) is 5. The molecule has 3 aromatic rings. The zero-order valence-corrected chi connectivity index (χ0v) is 29.4. The number of rotatable bonds is 18. The van der Waals surface area contributed by atoms with Crippen LogP contribution in [0, 0.1) is 0 Å². The minimum Gasteiger partial charge on any atom is -0.497 e. The summed E-state index contributed by atoms with van der Waals surface area (Å²) >= 11 is 0. The van der Waals surface area contributed by atoms with Crippen molar-refractivity contribution in [2.24, 2.45) is 0 Å². The lowest BCUT2D eigenvalue weighted by Crippen LogP contribution is -2.66. The topological polar surface area (TPSA) is 54.0 Å². The molecule has 0 N–H and O–H groups in total. The summed E-state index contributed by atoms with van der Waals surface area (Å²) < 4.78 is 25.1. The molecule has 0 saturated carbocycles. The fourth-order valence-corrected chi connectivity index (χ4v) is 13.1. The van der Waals surface area contributed by atoms with Crippen molar-refractivity contribution >= 4 is 32.8 Å². The van der Waals surface area contributed by atoms with Crippen molar-refractivity contribution in [2.45, 2.75) is 90.3 Å². The lowest BCUT2D eigenvalue weighted by atomic mass is 10.1. The molecule has 0 bridgehead atoms. The van der Waals surface area contributed by atoms with Crippen LogP contribution in [0.4, 0.5) is 0 Å². The maximum Gasteiger partial charge on any atom is 0.261 e. The van der Waals surface area contributed by atoms with Crippen LogP contribution in [-0.2, 0) is 25.0 Å². The Labute approximate surface area is 262 Å². The summed E-state index contributed by atoms with van der Waals surface area (Å²) in [4.78, 5) is 13.8. The van der Waals surface area contributed by atoms with Gasteiger partial charge in [0.05, 0.1) is 13.7 Å². The fourth-order valence-electron chi connectivity index (χ4n) is 5.92. The molecule has 1 atom stereocenters. The Kier molecular flexibility index (Phi) is 13.4. The lowest BCUT2D eigenvalue weighted by molar-refractivity contribution is -0.133. The molecule has 234 valence electrons. The lowest BCUT2D eigenvalue weighted by Gasteiger charge is -2.43. The Bertz CT molecular complexity index is 1170. The molecular formula is C36H52O5Si2. The van der Waals surface area contributed by atoms with E-state index >= 15 is 0 Å². The molecule has 43 heavy (non-hydrogen) atoms. The van der Waals surface area contributed by atoms with Crippen LogP contribution in [0.2, 0.25) is 23.2 Å². The van der Waals surface area contributed by atoms with Crippen molar-refractivity contribution < 1.29 is 23.1 Å². The van der Waals surface area contributed by atoms with Gasteiger partial charge in [-0.2, -0.15) is 0 Å². The Morgan fingerprint density at radius 2 is 1.28 bits per heavy atom. The predicted molar refractivity (Wildman–Crippen MR) is 183 cm³/mol. The average molecular weight is 621 g/mol. The molecule has 0 aliphatic heterocycles. The van der Waals surface area contributed by atoms with Crippen LogP contribution in [0.3, 0.4) is 0 Å². The summed E-state index contributed by atoms with van der Waals surface area (Å²) in [7, 11) is -2.83. The van der Waals surface area contributed by atoms with Gasteiger partial charge in [0.2, 0.25) is 0 Å². The van der Waals surface area contributed by atoms with E-state index in [1.807, 2.05) is 36.4 Å².